The van der Waals surface area contributed by atoms with E-state index in [4.69, 9.17) is 24.8 Å². The van der Waals surface area contributed by atoms with E-state index in [1.54, 1.807) is 12.3 Å². The van der Waals surface area contributed by atoms with E-state index in [9.17, 15) is 19.2 Å². The van der Waals surface area contributed by atoms with E-state index >= 15 is 0 Å². The minimum Gasteiger partial charge on any atom is -0.435 e. The molecule has 6 rings (SSSR count). The molecule has 3 N–H and O–H groups in total. The molecule has 2 unspecified atom stereocenters. The van der Waals surface area contributed by atoms with Crippen LogP contribution in [0.1, 0.15) is 36.2 Å². The number of fused-ring (bicyclic) bond motifs is 1. The van der Waals surface area contributed by atoms with Gasteiger partial charge in [-0.15, -0.1) is 23.1 Å². The smallest absolute Gasteiger partial charge is 0.435 e. The highest BCUT2D eigenvalue weighted by atomic mass is 32.2. The summed E-state index contributed by atoms with van der Waals surface area (Å²) in [6, 6.07) is 27.4. The molecule has 272 valence electrons. The Balaban J connectivity index is 1.31. The van der Waals surface area contributed by atoms with Crippen molar-refractivity contribution in [3.63, 3.8) is 0 Å². The Morgan fingerprint density at radius 3 is 2.11 bits per heavy atom. The highest BCUT2D eigenvalue weighted by Gasteiger charge is 2.55. The number of aromatic nitrogens is 1. The number of carbonyl (C=O) groups excluding carboxylic acids is 4. The fourth-order valence-electron chi connectivity index (χ4n) is 5.91. The summed E-state index contributed by atoms with van der Waals surface area (Å²) in [6.45, 7) is 6.79. The van der Waals surface area contributed by atoms with E-state index in [1.807, 2.05) is 91.0 Å². The van der Waals surface area contributed by atoms with Gasteiger partial charge in [-0.1, -0.05) is 109 Å². The van der Waals surface area contributed by atoms with Crippen LogP contribution in [0.15, 0.2) is 125 Å². The molecular formula is C38H35N5O8S2. The number of anilines is 1. The number of nitrogens with zero attached hydrogens (tertiary/aromatic N) is 3. The lowest BCUT2D eigenvalue weighted by atomic mass is 9.80. The lowest BCUT2D eigenvalue weighted by molar-refractivity contribution is -0.168. The number of nitrogen functional groups attached to an aromatic ring is 1. The molecule has 0 radical (unpaired) electrons. The fraction of sp³-hybridized carbons (Fsp3) is 0.211. The van der Waals surface area contributed by atoms with E-state index < -0.39 is 47.2 Å². The number of rotatable bonds is 13. The molecule has 0 aliphatic carbocycles. The van der Waals surface area contributed by atoms with Gasteiger partial charge in [0.15, 0.2) is 10.8 Å². The monoisotopic (exact) mass is 753 g/mol. The van der Waals surface area contributed by atoms with Gasteiger partial charge in [-0.2, -0.15) is 0 Å². The van der Waals surface area contributed by atoms with E-state index in [2.05, 4.69) is 22.0 Å². The van der Waals surface area contributed by atoms with Crippen LogP contribution in [-0.2, 0) is 39.0 Å². The van der Waals surface area contributed by atoms with Gasteiger partial charge < -0.3 is 30.1 Å². The summed E-state index contributed by atoms with van der Waals surface area (Å²) in [7, 11) is 0. The number of thioether (sulfide) groups is 1. The molecule has 4 aromatic rings. The summed E-state index contributed by atoms with van der Waals surface area (Å²) in [4.78, 5) is 65.1. The van der Waals surface area contributed by atoms with Crippen molar-refractivity contribution in [1.82, 2.24) is 15.2 Å². The zero-order valence-corrected chi connectivity index (χ0v) is 30.3. The maximum atomic E-state index is 14.2. The van der Waals surface area contributed by atoms with E-state index in [-0.39, 0.29) is 34.6 Å². The zero-order chi connectivity index (χ0) is 37.5. The molecule has 3 heterocycles. The molecule has 2 aliphatic rings. The summed E-state index contributed by atoms with van der Waals surface area (Å²) in [6.07, 6.45) is -0.870. The number of esters is 1. The van der Waals surface area contributed by atoms with Crippen LogP contribution in [0.4, 0.5) is 9.93 Å². The molecule has 13 nitrogen and oxygen atoms in total. The van der Waals surface area contributed by atoms with Crippen LogP contribution >= 0.6 is 23.1 Å². The van der Waals surface area contributed by atoms with Crippen molar-refractivity contribution >= 4 is 57.9 Å². The standard InChI is InChI=1S/C38H35N5O8S2/c1-4-24-21-52-34-30(33(45)43(34)31(24)35(46)49-23(3)50-37(47)48-5-2)41-32(44)29(28-22-53-36(39)40-28)42-51-38(25-15-9-6-10-16-25,26-17-11-7-12-18-26)27-19-13-8-14-20-27/h4,6-20,22-23,30,34H,1,5,21H2,2-3H3,(H2,39,40)(H,41,44)/b42-29-/t23?,30?,34-/m1/s1. The van der Waals surface area contributed by atoms with Gasteiger partial charge in [0.2, 0.25) is 11.9 Å². The van der Waals surface area contributed by atoms with Gasteiger partial charge in [-0.25, -0.2) is 14.6 Å². The van der Waals surface area contributed by atoms with Crippen molar-refractivity contribution in [3.05, 3.63) is 143 Å². The predicted molar refractivity (Wildman–Crippen MR) is 199 cm³/mol. The molecule has 1 saturated heterocycles. The van der Waals surface area contributed by atoms with Crippen molar-refractivity contribution in [1.29, 1.82) is 0 Å². The van der Waals surface area contributed by atoms with Crippen LogP contribution in [0, 0.1) is 0 Å². The lowest BCUT2D eigenvalue weighted by Crippen LogP contribution is -2.71. The first kappa shape index (κ1) is 36.8. The van der Waals surface area contributed by atoms with Gasteiger partial charge in [-0.3, -0.25) is 14.5 Å². The number of β-lactam (4-membered cyclic amide) rings is 1. The second-order valence-electron chi connectivity index (χ2n) is 11.6. The molecule has 53 heavy (non-hydrogen) atoms. The van der Waals surface area contributed by atoms with Crippen LogP contribution in [0.3, 0.4) is 0 Å². The molecule has 15 heteroatoms. The Kier molecular flexibility index (Phi) is 11.2. The van der Waals surface area contributed by atoms with Crippen molar-refractivity contribution in [2.75, 3.05) is 18.1 Å². The molecule has 2 aliphatic heterocycles. The Morgan fingerprint density at radius 2 is 1.60 bits per heavy atom. The average Bonchev–Trinajstić information content (AvgIpc) is 3.61. The number of allylic oxidation sites excluding steroid dienone is 1. The average molecular weight is 754 g/mol. The molecule has 2 amide bonds. The SMILES string of the molecule is C=CC1=C(C(=O)OC(C)OC(=O)OCC)N2C(=O)C(NC(=O)/C(=N\OC(c3ccccc3)(c3ccccc3)c3ccccc3)c3csc(N)n3)[C@H]2SC1. The number of carbonyl (C=O) groups is 4. The molecule has 1 aromatic heterocycles. The molecule has 3 aromatic carbocycles. The molecule has 0 spiro atoms. The van der Waals surface area contributed by atoms with Gasteiger partial charge in [0.25, 0.3) is 11.8 Å². The summed E-state index contributed by atoms with van der Waals surface area (Å²) >= 11 is 2.43. The third-order valence-corrected chi connectivity index (χ3v) is 10.3. The third-order valence-electron chi connectivity index (χ3n) is 8.32. The minimum atomic E-state index is -1.31. The number of hydrogen-bond donors (Lipinski definition) is 2. The number of oxime groups is 1. The van der Waals surface area contributed by atoms with E-state index in [0.717, 1.165) is 28.0 Å². The summed E-state index contributed by atoms with van der Waals surface area (Å²) < 4.78 is 15.0. The lowest BCUT2D eigenvalue weighted by Gasteiger charge is -2.49. The second-order valence-corrected chi connectivity index (χ2v) is 13.6. The number of ether oxygens (including phenoxy) is 3. The molecule has 3 atom stereocenters. The number of benzene rings is 3. The van der Waals surface area contributed by atoms with Crippen molar-refractivity contribution in [3.8, 4) is 0 Å². The quantitative estimate of drug-likeness (QED) is 0.0451. The van der Waals surface area contributed by atoms with Gasteiger partial charge >= 0.3 is 12.1 Å². The van der Waals surface area contributed by atoms with Crippen LogP contribution < -0.4 is 11.1 Å². The van der Waals surface area contributed by atoms with Gasteiger partial charge in [0, 0.05) is 34.7 Å². The van der Waals surface area contributed by atoms with E-state index in [0.29, 0.717) is 5.57 Å². The first-order valence-corrected chi connectivity index (χ1v) is 18.4. The van der Waals surface area contributed by atoms with Gasteiger partial charge in [0.1, 0.15) is 22.8 Å². The highest BCUT2D eigenvalue weighted by Crippen LogP contribution is 2.42. The number of nitrogens with one attached hydrogen (secondary N) is 1. The number of nitrogens with two attached hydrogens (primary N) is 1. The maximum absolute atomic E-state index is 14.2. The Hall–Kier alpha value is -5.93. The largest absolute Gasteiger partial charge is 0.511 e. The van der Waals surface area contributed by atoms with Crippen LogP contribution in [0.2, 0.25) is 0 Å². The molecule has 0 bridgehead atoms. The van der Waals surface area contributed by atoms with Crippen molar-refractivity contribution in [2.24, 2.45) is 5.16 Å². The summed E-state index contributed by atoms with van der Waals surface area (Å²) in [5, 5.41) is 8.36. The normalized spacial score (nSPS) is 17.5. The summed E-state index contributed by atoms with van der Waals surface area (Å²) in [5.41, 5.74) is 7.20. The maximum Gasteiger partial charge on any atom is 0.511 e. The van der Waals surface area contributed by atoms with Gasteiger partial charge in [-0.05, 0) is 12.5 Å². The van der Waals surface area contributed by atoms with Gasteiger partial charge in [0.05, 0.1) is 6.61 Å². The molecule has 0 saturated carbocycles. The Labute approximate surface area is 313 Å². The van der Waals surface area contributed by atoms with Crippen molar-refractivity contribution in [2.45, 2.75) is 37.2 Å². The fourth-order valence-corrected chi connectivity index (χ4v) is 7.80. The van der Waals surface area contributed by atoms with Crippen LogP contribution in [-0.4, -0.2) is 69.6 Å². The topological polar surface area (TPSA) is 172 Å². The Bertz CT molecular complexity index is 1960. The first-order chi connectivity index (χ1) is 25.7. The third kappa shape index (κ3) is 7.52. The second kappa shape index (κ2) is 16.2. The summed E-state index contributed by atoms with van der Waals surface area (Å²) in [5.74, 6) is -1.96. The Morgan fingerprint density at radius 1 is 1.02 bits per heavy atom. The molecular weight excluding hydrogens is 719 g/mol. The van der Waals surface area contributed by atoms with Crippen LogP contribution in [0.5, 0.6) is 0 Å². The minimum absolute atomic E-state index is 0.0681. The van der Waals surface area contributed by atoms with Crippen molar-refractivity contribution < 1.29 is 38.2 Å². The van der Waals surface area contributed by atoms with Crippen LogP contribution in [0.25, 0.3) is 0 Å². The number of amides is 2. The highest BCUT2D eigenvalue weighted by molar-refractivity contribution is 8.00. The number of thiazole rings is 1. The first-order valence-electron chi connectivity index (χ1n) is 16.5. The molecule has 1 fully saturated rings. The van der Waals surface area contributed by atoms with E-state index in [1.165, 1.54) is 29.7 Å². The predicted octanol–water partition coefficient (Wildman–Crippen LogP) is 5.34. The zero-order valence-electron chi connectivity index (χ0n) is 28.7. The number of hydrogen-bond acceptors (Lipinski definition) is 13.